The highest BCUT2D eigenvalue weighted by Gasteiger charge is 2.25. The molecule has 0 amide bonds. The number of nitrogens with one attached hydrogen (secondary N) is 2. The van der Waals surface area contributed by atoms with Gasteiger partial charge in [-0.25, -0.2) is 4.98 Å². The van der Waals surface area contributed by atoms with E-state index in [1.807, 2.05) is 13.8 Å². The van der Waals surface area contributed by atoms with Crippen molar-refractivity contribution >= 4 is 16.8 Å². The molecule has 4 aromatic rings. The van der Waals surface area contributed by atoms with E-state index in [0.29, 0.717) is 34.6 Å². The molecule has 0 radical (unpaired) electrons. The molecule has 152 valence electrons. The minimum absolute atomic E-state index is 0.0742. The summed E-state index contributed by atoms with van der Waals surface area (Å²) in [5.41, 5.74) is 0.992. The maximum absolute atomic E-state index is 13.3. The van der Waals surface area contributed by atoms with Crippen molar-refractivity contribution in [2.24, 2.45) is 0 Å². The normalized spacial score (nSPS) is 11.0. The van der Waals surface area contributed by atoms with Gasteiger partial charge in [-0.1, -0.05) is 0 Å². The molecule has 4 rings (SSSR count). The van der Waals surface area contributed by atoms with Crippen molar-refractivity contribution in [3.8, 4) is 17.0 Å². The summed E-state index contributed by atoms with van der Waals surface area (Å²) in [4.78, 5) is 43.3. The van der Waals surface area contributed by atoms with Crippen molar-refractivity contribution in [3.05, 3.63) is 80.0 Å². The predicted molar refractivity (Wildman–Crippen MR) is 113 cm³/mol. The van der Waals surface area contributed by atoms with Crippen LogP contribution in [0.1, 0.15) is 28.5 Å². The Bertz CT molecular complexity index is 1380. The molecule has 0 saturated carbocycles. The van der Waals surface area contributed by atoms with E-state index in [2.05, 4.69) is 15.2 Å². The van der Waals surface area contributed by atoms with Crippen molar-refractivity contribution in [2.45, 2.75) is 20.4 Å². The Hall–Kier alpha value is -3.94. The van der Waals surface area contributed by atoms with Crippen LogP contribution < -0.4 is 15.7 Å². The lowest BCUT2D eigenvalue weighted by atomic mass is 10.00. The molecule has 0 aliphatic rings. The van der Waals surface area contributed by atoms with Gasteiger partial charge in [0.2, 0.25) is 11.2 Å². The quantitative estimate of drug-likeness (QED) is 0.497. The summed E-state index contributed by atoms with van der Waals surface area (Å²) >= 11 is 0. The van der Waals surface area contributed by atoms with Crippen molar-refractivity contribution < 1.29 is 9.53 Å². The Morgan fingerprint density at radius 2 is 1.83 bits per heavy atom. The molecule has 2 N–H and O–H groups in total. The molecule has 1 aromatic carbocycles. The number of ketones is 1. The highest BCUT2D eigenvalue weighted by Crippen LogP contribution is 2.24. The fourth-order valence-corrected chi connectivity index (χ4v) is 3.45. The third kappa shape index (κ3) is 3.12. The first-order valence-corrected chi connectivity index (χ1v) is 9.45. The first-order valence-electron chi connectivity index (χ1n) is 9.45. The number of fused-ring (bicyclic) bond motifs is 1. The molecule has 30 heavy (non-hydrogen) atoms. The molecule has 0 spiro atoms. The average molecular weight is 404 g/mol. The smallest absolute Gasteiger partial charge is 0.275 e. The number of methoxy groups -OCH3 is 1. The van der Waals surface area contributed by atoms with E-state index in [1.165, 1.54) is 6.20 Å². The van der Waals surface area contributed by atoms with Crippen LogP contribution in [-0.4, -0.2) is 32.6 Å². The zero-order valence-corrected chi connectivity index (χ0v) is 16.8. The van der Waals surface area contributed by atoms with Crippen LogP contribution >= 0.6 is 0 Å². The maximum atomic E-state index is 13.3. The van der Waals surface area contributed by atoms with Gasteiger partial charge in [-0.05, 0) is 50.2 Å². The molecule has 0 fully saturated rings. The van der Waals surface area contributed by atoms with Crippen LogP contribution in [0.25, 0.3) is 22.3 Å². The Labute approximate surface area is 171 Å². The number of hydrogen-bond donors (Lipinski definition) is 2. The van der Waals surface area contributed by atoms with Gasteiger partial charge in [0.25, 0.3) is 5.56 Å². The molecule has 8 nitrogen and oxygen atoms in total. The predicted octanol–water partition coefficient (Wildman–Crippen LogP) is 2.65. The lowest BCUT2D eigenvalue weighted by molar-refractivity contribution is 0.103. The average Bonchev–Trinajstić information content (AvgIpc) is 3.15. The number of benzene rings is 1. The van der Waals surface area contributed by atoms with Gasteiger partial charge in [0.15, 0.2) is 0 Å². The molecular weight excluding hydrogens is 384 g/mol. The SMILES string of the molecule is CCn1cc(C(=O)c2c(-c3ccc(OC)cc3)[nH][nH]c2=O)c(=O)c2ccc(C)nc21. The third-order valence-electron chi connectivity index (χ3n) is 5.03. The number of carbonyl (C=O) groups is 1. The monoisotopic (exact) mass is 404 g/mol. The van der Waals surface area contributed by atoms with Crippen LogP contribution in [0.3, 0.4) is 0 Å². The summed E-state index contributed by atoms with van der Waals surface area (Å²) in [6.07, 6.45) is 1.48. The first kappa shape index (κ1) is 19.4. The number of H-pyrrole nitrogens is 2. The van der Waals surface area contributed by atoms with Crippen LogP contribution in [0.2, 0.25) is 0 Å². The van der Waals surface area contributed by atoms with E-state index >= 15 is 0 Å². The molecule has 0 bridgehead atoms. The number of aryl methyl sites for hydroxylation is 2. The van der Waals surface area contributed by atoms with Gasteiger partial charge in [-0.3, -0.25) is 24.6 Å². The Balaban J connectivity index is 1.90. The fraction of sp³-hybridized carbons (Fsp3) is 0.182. The molecule has 0 saturated heterocycles. The number of carbonyl (C=O) groups excluding carboxylic acids is 1. The van der Waals surface area contributed by atoms with Crippen LogP contribution in [0.15, 0.2) is 52.2 Å². The maximum Gasteiger partial charge on any atom is 0.275 e. The van der Waals surface area contributed by atoms with E-state index in [0.717, 1.165) is 5.69 Å². The van der Waals surface area contributed by atoms with Crippen molar-refractivity contribution in [1.82, 2.24) is 19.7 Å². The second kappa shape index (κ2) is 7.47. The number of hydrogen-bond acceptors (Lipinski definition) is 5. The molecule has 0 aliphatic heterocycles. The zero-order valence-electron chi connectivity index (χ0n) is 16.8. The summed E-state index contributed by atoms with van der Waals surface area (Å²) in [7, 11) is 1.55. The summed E-state index contributed by atoms with van der Waals surface area (Å²) in [5, 5.41) is 5.54. The van der Waals surface area contributed by atoms with Crippen molar-refractivity contribution in [1.29, 1.82) is 0 Å². The fourth-order valence-electron chi connectivity index (χ4n) is 3.45. The minimum atomic E-state index is -0.641. The number of rotatable bonds is 5. The van der Waals surface area contributed by atoms with E-state index in [-0.39, 0.29) is 11.1 Å². The van der Waals surface area contributed by atoms with Gasteiger partial charge in [0.05, 0.1) is 23.8 Å². The van der Waals surface area contributed by atoms with Crippen LogP contribution in [0, 0.1) is 6.92 Å². The molecule has 0 unspecified atom stereocenters. The summed E-state index contributed by atoms with van der Waals surface area (Å²) < 4.78 is 6.89. The Kier molecular flexibility index (Phi) is 4.83. The number of aromatic nitrogens is 4. The van der Waals surface area contributed by atoms with Crippen molar-refractivity contribution in [2.75, 3.05) is 7.11 Å². The minimum Gasteiger partial charge on any atom is -0.497 e. The van der Waals surface area contributed by atoms with Gasteiger partial charge in [-0.2, -0.15) is 0 Å². The molecule has 0 aliphatic carbocycles. The van der Waals surface area contributed by atoms with Gasteiger partial charge in [0.1, 0.15) is 17.0 Å². The van der Waals surface area contributed by atoms with Gasteiger partial charge < -0.3 is 9.30 Å². The highest BCUT2D eigenvalue weighted by molar-refractivity contribution is 6.13. The summed E-state index contributed by atoms with van der Waals surface area (Å²) in [6, 6.07) is 10.3. The molecule has 3 heterocycles. The van der Waals surface area contributed by atoms with Crippen molar-refractivity contribution in [3.63, 3.8) is 0 Å². The summed E-state index contributed by atoms with van der Waals surface area (Å²) in [6.45, 7) is 4.25. The Morgan fingerprint density at radius 1 is 1.10 bits per heavy atom. The number of ether oxygens (including phenoxy) is 1. The lowest BCUT2D eigenvalue weighted by Gasteiger charge is -2.11. The van der Waals surface area contributed by atoms with E-state index in [9.17, 15) is 14.4 Å². The molecule has 8 heteroatoms. The number of pyridine rings is 2. The largest absolute Gasteiger partial charge is 0.497 e. The summed E-state index contributed by atoms with van der Waals surface area (Å²) in [5.74, 6) is 0.00524. The lowest BCUT2D eigenvalue weighted by Crippen LogP contribution is -2.23. The zero-order chi connectivity index (χ0) is 21.4. The highest BCUT2D eigenvalue weighted by atomic mass is 16.5. The van der Waals surface area contributed by atoms with E-state index in [4.69, 9.17) is 4.74 Å². The second-order valence-corrected chi connectivity index (χ2v) is 6.87. The molecule has 0 atom stereocenters. The second-order valence-electron chi connectivity index (χ2n) is 6.87. The van der Waals surface area contributed by atoms with Crippen LogP contribution in [-0.2, 0) is 6.54 Å². The molecule has 3 aromatic heterocycles. The van der Waals surface area contributed by atoms with Gasteiger partial charge in [0, 0.05) is 24.0 Å². The third-order valence-corrected chi connectivity index (χ3v) is 5.03. The standard InChI is InChI=1S/C22H20N4O4/c1-4-26-11-16(19(27)15-10-5-12(2)23-21(15)26)20(28)17-18(24-25-22(17)29)13-6-8-14(30-3)9-7-13/h5-11H,4H2,1-3H3,(H2,24,25,29). The Morgan fingerprint density at radius 3 is 2.50 bits per heavy atom. The van der Waals surface area contributed by atoms with E-state index in [1.54, 1.807) is 48.1 Å². The number of aromatic amines is 2. The first-order chi connectivity index (χ1) is 14.4. The van der Waals surface area contributed by atoms with Gasteiger partial charge in [-0.15, -0.1) is 0 Å². The van der Waals surface area contributed by atoms with Crippen LogP contribution in [0.5, 0.6) is 5.75 Å². The molecular formula is C22H20N4O4. The van der Waals surface area contributed by atoms with Crippen LogP contribution in [0.4, 0.5) is 0 Å². The van der Waals surface area contributed by atoms with E-state index < -0.39 is 16.8 Å². The topological polar surface area (TPSA) is 110 Å². The number of nitrogens with zero attached hydrogens (tertiary/aromatic N) is 2. The van der Waals surface area contributed by atoms with Gasteiger partial charge >= 0.3 is 0 Å².